The van der Waals surface area contributed by atoms with E-state index in [1.165, 1.54) is 0 Å². The van der Waals surface area contributed by atoms with E-state index in [1.807, 2.05) is 18.2 Å². The van der Waals surface area contributed by atoms with Gasteiger partial charge in [-0.2, -0.15) is 0 Å². The first-order valence-corrected chi connectivity index (χ1v) is 9.36. The van der Waals surface area contributed by atoms with E-state index in [2.05, 4.69) is 40.4 Å². The maximum absolute atomic E-state index is 6.02. The van der Waals surface area contributed by atoms with Crippen LogP contribution in [0.1, 0.15) is 25.8 Å². The molecule has 1 saturated heterocycles. The third-order valence-corrected chi connectivity index (χ3v) is 4.04. The lowest BCUT2D eigenvalue weighted by molar-refractivity contribution is 0.0322. The van der Waals surface area contributed by atoms with Crippen LogP contribution in [-0.2, 0) is 11.3 Å². The summed E-state index contributed by atoms with van der Waals surface area (Å²) < 4.78 is 11.4. The minimum absolute atomic E-state index is 0.604. The highest BCUT2D eigenvalue weighted by atomic mass is 16.5. The highest BCUT2D eigenvalue weighted by molar-refractivity contribution is 5.79. The summed E-state index contributed by atoms with van der Waals surface area (Å²) in [5.41, 5.74) is 1.11. The first kappa shape index (κ1) is 19.5. The summed E-state index contributed by atoms with van der Waals surface area (Å²) in [5.74, 6) is 1.78. The maximum atomic E-state index is 6.02. The van der Waals surface area contributed by atoms with Crippen LogP contribution in [0.2, 0.25) is 0 Å². The van der Waals surface area contributed by atoms with Crippen LogP contribution in [0.15, 0.2) is 29.3 Å². The van der Waals surface area contributed by atoms with Crippen LogP contribution in [0.25, 0.3) is 0 Å². The predicted octanol–water partition coefficient (Wildman–Crippen LogP) is 1.86. The monoisotopic (exact) mass is 348 g/mol. The molecule has 0 amide bonds. The molecule has 0 aromatic heterocycles. The van der Waals surface area contributed by atoms with Gasteiger partial charge in [0.1, 0.15) is 12.4 Å². The molecule has 0 atom stereocenters. The van der Waals surface area contributed by atoms with Gasteiger partial charge in [0.05, 0.1) is 19.8 Å². The van der Waals surface area contributed by atoms with Gasteiger partial charge in [0.25, 0.3) is 0 Å². The average Bonchev–Trinajstić information content (AvgIpc) is 2.66. The van der Waals surface area contributed by atoms with Crippen molar-refractivity contribution >= 4 is 5.96 Å². The zero-order chi connectivity index (χ0) is 17.7. The van der Waals surface area contributed by atoms with E-state index < -0.39 is 0 Å². The molecule has 6 nitrogen and oxygen atoms in total. The van der Waals surface area contributed by atoms with Crippen molar-refractivity contribution in [1.29, 1.82) is 0 Å². The number of ether oxygens (including phenoxy) is 2. The molecule has 0 spiro atoms. The second kappa shape index (κ2) is 11.7. The molecule has 2 rings (SSSR count). The van der Waals surface area contributed by atoms with Crippen LogP contribution in [0.4, 0.5) is 0 Å². The van der Waals surface area contributed by atoms with Gasteiger partial charge in [-0.3, -0.25) is 4.90 Å². The van der Waals surface area contributed by atoms with Crippen molar-refractivity contribution in [2.24, 2.45) is 4.99 Å². The van der Waals surface area contributed by atoms with E-state index in [-0.39, 0.29) is 0 Å². The Labute approximate surface area is 151 Å². The molecular weight excluding hydrogens is 316 g/mol. The van der Waals surface area contributed by atoms with E-state index >= 15 is 0 Å². The van der Waals surface area contributed by atoms with Gasteiger partial charge >= 0.3 is 0 Å². The Hall–Kier alpha value is -1.79. The molecule has 2 N–H and O–H groups in total. The molecule has 0 aliphatic carbocycles. The summed E-state index contributed by atoms with van der Waals surface area (Å²) in [6, 6.07) is 8.15. The maximum Gasteiger partial charge on any atom is 0.191 e. The van der Waals surface area contributed by atoms with Crippen molar-refractivity contribution in [1.82, 2.24) is 15.5 Å². The van der Waals surface area contributed by atoms with Crippen LogP contribution in [0.3, 0.4) is 0 Å². The topological polar surface area (TPSA) is 58.1 Å². The molecule has 1 aliphatic rings. The molecule has 1 aliphatic heterocycles. The van der Waals surface area contributed by atoms with Crippen molar-refractivity contribution in [2.75, 3.05) is 52.5 Å². The minimum atomic E-state index is 0.604. The van der Waals surface area contributed by atoms with Crippen molar-refractivity contribution in [3.8, 4) is 5.75 Å². The van der Waals surface area contributed by atoms with Crippen molar-refractivity contribution in [2.45, 2.75) is 26.8 Å². The van der Waals surface area contributed by atoms with E-state index in [0.717, 1.165) is 69.6 Å². The number of nitrogens with zero attached hydrogens (tertiary/aromatic N) is 2. The van der Waals surface area contributed by atoms with Crippen LogP contribution in [0, 0.1) is 0 Å². The van der Waals surface area contributed by atoms with Crippen LogP contribution >= 0.6 is 0 Å². The third-order valence-electron chi connectivity index (χ3n) is 4.04. The van der Waals surface area contributed by atoms with Gasteiger partial charge in [0.2, 0.25) is 0 Å². The fourth-order valence-corrected chi connectivity index (χ4v) is 2.63. The standard InChI is InChI=1S/C19H32N4O2/c1-3-9-21-19(20-4-2)22-16-17-7-5-6-8-18(17)25-15-12-23-10-13-24-14-11-23/h5-8H,3-4,9-16H2,1-2H3,(H2,20,21,22). The molecule has 140 valence electrons. The smallest absolute Gasteiger partial charge is 0.191 e. The highest BCUT2D eigenvalue weighted by Gasteiger charge is 2.10. The summed E-state index contributed by atoms with van der Waals surface area (Å²) >= 11 is 0. The lowest BCUT2D eigenvalue weighted by Gasteiger charge is -2.26. The number of benzene rings is 1. The Kier molecular flexibility index (Phi) is 9.15. The van der Waals surface area contributed by atoms with E-state index in [0.29, 0.717) is 13.2 Å². The zero-order valence-corrected chi connectivity index (χ0v) is 15.6. The fourth-order valence-electron chi connectivity index (χ4n) is 2.63. The van der Waals surface area contributed by atoms with Crippen LogP contribution in [-0.4, -0.2) is 63.4 Å². The van der Waals surface area contributed by atoms with Gasteiger partial charge in [-0.25, -0.2) is 4.99 Å². The SMILES string of the molecule is CCCNC(=NCc1ccccc1OCCN1CCOCC1)NCC. The Morgan fingerprint density at radius 3 is 2.76 bits per heavy atom. The fraction of sp³-hybridized carbons (Fsp3) is 0.632. The summed E-state index contributed by atoms with van der Waals surface area (Å²) in [7, 11) is 0. The molecule has 1 fully saturated rings. The Balaban J connectivity index is 1.87. The van der Waals surface area contributed by atoms with Gasteiger partial charge in [0, 0.05) is 38.3 Å². The molecule has 6 heteroatoms. The van der Waals surface area contributed by atoms with Gasteiger partial charge < -0.3 is 20.1 Å². The lowest BCUT2D eigenvalue weighted by Crippen LogP contribution is -2.38. The number of hydrogen-bond donors (Lipinski definition) is 2. The van der Waals surface area contributed by atoms with E-state index in [1.54, 1.807) is 0 Å². The zero-order valence-electron chi connectivity index (χ0n) is 15.6. The van der Waals surface area contributed by atoms with E-state index in [9.17, 15) is 0 Å². The quantitative estimate of drug-likeness (QED) is 0.527. The van der Waals surface area contributed by atoms with Gasteiger partial charge in [-0.1, -0.05) is 25.1 Å². The van der Waals surface area contributed by atoms with Crippen LogP contribution in [0.5, 0.6) is 5.75 Å². The third kappa shape index (κ3) is 7.32. The van der Waals surface area contributed by atoms with Crippen molar-refractivity contribution < 1.29 is 9.47 Å². The predicted molar refractivity (Wildman–Crippen MR) is 102 cm³/mol. The minimum Gasteiger partial charge on any atom is -0.492 e. The highest BCUT2D eigenvalue weighted by Crippen LogP contribution is 2.19. The molecule has 1 aromatic rings. The summed E-state index contributed by atoms with van der Waals surface area (Å²) in [4.78, 5) is 7.04. The number of guanidine groups is 1. The van der Waals surface area contributed by atoms with Gasteiger partial charge in [0.15, 0.2) is 5.96 Å². The number of morpholine rings is 1. The molecular formula is C19H32N4O2. The van der Waals surface area contributed by atoms with Crippen molar-refractivity contribution in [3.05, 3.63) is 29.8 Å². The number of para-hydroxylation sites is 1. The van der Waals surface area contributed by atoms with Gasteiger partial charge in [-0.05, 0) is 19.4 Å². The summed E-state index contributed by atoms with van der Waals surface area (Å²) in [5, 5.41) is 6.60. The molecule has 0 bridgehead atoms. The second-order valence-corrected chi connectivity index (χ2v) is 6.03. The normalized spacial score (nSPS) is 15.8. The second-order valence-electron chi connectivity index (χ2n) is 6.03. The Morgan fingerprint density at radius 2 is 2.00 bits per heavy atom. The van der Waals surface area contributed by atoms with E-state index in [4.69, 9.17) is 9.47 Å². The number of nitrogens with one attached hydrogen (secondary N) is 2. The molecule has 0 unspecified atom stereocenters. The Bertz CT molecular complexity index is 516. The average molecular weight is 348 g/mol. The molecule has 1 aromatic carbocycles. The largest absolute Gasteiger partial charge is 0.492 e. The van der Waals surface area contributed by atoms with Crippen LogP contribution < -0.4 is 15.4 Å². The Morgan fingerprint density at radius 1 is 1.20 bits per heavy atom. The number of rotatable bonds is 9. The lowest BCUT2D eigenvalue weighted by atomic mass is 10.2. The number of aliphatic imine (C=N–C) groups is 1. The molecule has 0 saturated carbocycles. The summed E-state index contributed by atoms with van der Waals surface area (Å²) in [6.45, 7) is 11.8. The first-order chi connectivity index (χ1) is 12.3. The molecule has 25 heavy (non-hydrogen) atoms. The molecule has 0 radical (unpaired) electrons. The molecule has 1 heterocycles. The summed E-state index contributed by atoms with van der Waals surface area (Å²) in [6.07, 6.45) is 1.08. The number of hydrogen-bond acceptors (Lipinski definition) is 4. The van der Waals surface area contributed by atoms with Crippen molar-refractivity contribution in [3.63, 3.8) is 0 Å². The van der Waals surface area contributed by atoms with Gasteiger partial charge in [-0.15, -0.1) is 0 Å². The first-order valence-electron chi connectivity index (χ1n) is 9.36.